The Morgan fingerprint density at radius 1 is 0.519 bits per heavy atom. The van der Waals surface area contributed by atoms with Gasteiger partial charge in [0.05, 0.1) is 34.4 Å². The Morgan fingerprint density at radius 3 is 1.41 bits per heavy atom. The third-order valence-electron chi connectivity index (χ3n) is 10.0. The number of phosphoric ester groups is 1. The summed E-state index contributed by atoms with van der Waals surface area (Å²) in [5.41, 5.74) is -0.260. The lowest BCUT2D eigenvalue weighted by Gasteiger charge is -2.24. The molecule has 0 fully saturated rings. The highest BCUT2D eigenvalue weighted by Gasteiger charge is 2.38. The molecule has 11 nitrogen and oxygen atoms in total. The molecular weight excluding hydrogens is 705 g/mol. The minimum atomic E-state index is -4.18. The van der Waals surface area contributed by atoms with Crippen LogP contribution in [0, 0.1) is 0 Å². The summed E-state index contributed by atoms with van der Waals surface area (Å²) in [5, 5.41) is 8.63. The van der Waals surface area contributed by atoms with Crippen LogP contribution in [-0.2, 0) is 37.5 Å². The molecule has 318 valence electrons. The summed E-state index contributed by atoms with van der Waals surface area (Å²) < 4.78 is 35.1. The third kappa shape index (κ3) is 31.8. The van der Waals surface area contributed by atoms with Gasteiger partial charge >= 0.3 is 19.8 Å². The summed E-state index contributed by atoms with van der Waals surface area (Å²) in [6.07, 6.45) is 33.3. The Hall–Kier alpha value is -1.39. The van der Waals surface area contributed by atoms with Crippen LogP contribution in [0.3, 0.4) is 0 Å². The number of carbonyl (C=O) groups is 2. The van der Waals surface area contributed by atoms with Gasteiger partial charge < -0.3 is 9.22 Å². The number of ether oxygens (including phenoxy) is 1. The van der Waals surface area contributed by atoms with Crippen molar-refractivity contribution in [3.8, 4) is 0 Å². The molecule has 0 spiro atoms. The average molecular weight is 789 g/mol. The number of rotatable bonds is 41. The monoisotopic (exact) mass is 789 g/mol. The molecule has 0 aromatic heterocycles. The van der Waals surface area contributed by atoms with Crippen molar-refractivity contribution in [3.05, 3.63) is 0 Å². The molecule has 54 heavy (non-hydrogen) atoms. The number of hydrogen-bond donors (Lipinski definition) is 0. The minimum absolute atomic E-state index is 0.0423. The van der Waals surface area contributed by atoms with Crippen LogP contribution in [0.25, 0.3) is 0 Å². The molecule has 0 N–H and O–H groups in total. The van der Waals surface area contributed by atoms with Crippen molar-refractivity contribution in [2.75, 3.05) is 47.5 Å². The number of unbranched alkanes of at least 4 members (excludes halogenated alkanes) is 22. The van der Waals surface area contributed by atoms with E-state index in [2.05, 4.69) is 24.1 Å². The van der Waals surface area contributed by atoms with Gasteiger partial charge in [-0.05, 0) is 38.5 Å². The van der Waals surface area contributed by atoms with E-state index in [-0.39, 0.29) is 37.9 Å². The zero-order chi connectivity index (χ0) is 39.6. The van der Waals surface area contributed by atoms with Crippen molar-refractivity contribution in [3.63, 3.8) is 0 Å². The van der Waals surface area contributed by atoms with Gasteiger partial charge in [-0.15, -0.1) is 0 Å². The molecule has 1 unspecified atom stereocenters. The maximum atomic E-state index is 13.3. The predicted molar refractivity (Wildman–Crippen MR) is 218 cm³/mol. The van der Waals surface area contributed by atoms with Crippen LogP contribution in [-0.4, -0.2) is 69.6 Å². The first-order chi connectivity index (χ1) is 26.0. The molecule has 0 amide bonds. The Labute approximate surface area is 330 Å². The number of carbonyl (C=O) groups excluding carboxylic acids is 2. The molecule has 12 heteroatoms. The van der Waals surface area contributed by atoms with Gasteiger partial charge in [-0.2, -0.15) is 10.2 Å². The highest BCUT2D eigenvalue weighted by atomic mass is 31.2. The first kappa shape index (κ1) is 50.6. The second-order valence-corrected chi connectivity index (χ2v) is 18.1. The Kier molecular flexibility index (Phi) is 30.6. The summed E-state index contributed by atoms with van der Waals surface area (Å²) in [6, 6.07) is 0. The van der Waals surface area contributed by atoms with Crippen molar-refractivity contribution in [1.29, 1.82) is 0 Å². The lowest BCUT2D eigenvalue weighted by Crippen LogP contribution is -2.37. The lowest BCUT2D eigenvalue weighted by atomic mass is 9.98. The highest BCUT2D eigenvalue weighted by Crippen LogP contribution is 2.50. The number of quaternary nitrogens is 1. The molecule has 1 atom stereocenters. The maximum absolute atomic E-state index is 13.3. The Morgan fingerprint density at radius 2 is 0.926 bits per heavy atom. The maximum Gasteiger partial charge on any atom is 0.511 e. The fourth-order valence-electron chi connectivity index (χ4n) is 6.38. The van der Waals surface area contributed by atoms with Gasteiger partial charge in [0.25, 0.3) is 0 Å². The third-order valence-corrected chi connectivity index (χ3v) is 11.3. The van der Waals surface area contributed by atoms with E-state index in [9.17, 15) is 14.2 Å². The van der Waals surface area contributed by atoms with E-state index in [0.29, 0.717) is 30.3 Å². The van der Waals surface area contributed by atoms with Crippen molar-refractivity contribution in [2.45, 2.75) is 212 Å². The van der Waals surface area contributed by atoms with Crippen molar-refractivity contribution >= 4 is 19.8 Å². The van der Waals surface area contributed by atoms with E-state index in [1.165, 1.54) is 122 Å². The van der Waals surface area contributed by atoms with Crippen LogP contribution < -0.4 is 0 Å². The molecule has 1 rings (SSSR count). The molecule has 1 aliphatic heterocycles. The molecular formula is C42H83N3O8P+. The Bertz CT molecular complexity index is 1000. The van der Waals surface area contributed by atoms with E-state index in [4.69, 9.17) is 23.3 Å². The number of hydrogen-bond acceptors (Lipinski definition) is 10. The number of phosphoric acid groups is 1. The lowest BCUT2D eigenvalue weighted by molar-refractivity contribution is -0.870. The number of likely N-dealkylation sites (N-methyl/N-ethyl adjacent to an activating group) is 1. The van der Waals surface area contributed by atoms with E-state index >= 15 is 0 Å². The summed E-state index contributed by atoms with van der Waals surface area (Å²) in [6.45, 7) is 5.23. The molecule has 0 aromatic carbocycles. The first-order valence-electron chi connectivity index (χ1n) is 22.2. The fraction of sp³-hybridized carbons (Fsp3) is 0.952. The van der Waals surface area contributed by atoms with Gasteiger partial charge in [-0.1, -0.05) is 153 Å². The van der Waals surface area contributed by atoms with Gasteiger partial charge in [0.1, 0.15) is 13.2 Å². The fourth-order valence-corrected chi connectivity index (χ4v) is 7.38. The van der Waals surface area contributed by atoms with Crippen molar-refractivity contribution in [1.82, 2.24) is 0 Å². The molecule has 0 radical (unpaired) electrons. The van der Waals surface area contributed by atoms with Crippen molar-refractivity contribution < 1.29 is 42.0 Å². The molecule has 1 heterocycles. The zero-order valence-electron chi connectivity index (χ0n) is 35.6. The van der Waals surface area contributed by atoms with Crippen LogP contribution >= 0.6 is 7.82 Å². The number of esters is 1. The summed E-state index contributed by atoms with van der Waals surface area (Å²) in [4.78, 5) is 29.5. The normalized spacial score (nSPS) is 14.6. The number of nitrogens with zero attached hydrogens (tertiary/aromatic N) is 3. The van der Waals surface area contributed by atoms with Gasteiger partial charge in [0.2, 0.25) is 0 Å². The molecule has 0 saturated heterocycles. The largest absolute Gasteiger partial charge is 0.511 e. The second kappa shape index (κ2) is 32.7. The summed E-state index contributed by atoms with van der Waals surface area (Å²) in [5.74, 6) is -0.871. The summed E-state index contributed by atoms with van der Waals surface area (Å²) >= 11 is 0. The zero-order valence-corrected chi connectivity index (χ0v) is 36.5. The Balaban J connectivity index is 2.18. The van der Waals surface area contributed by atoms with Gasteiger partial charge in [-0.3, -0.25) is 18.7 Å². The molecule has 0 aromatic rings. The van der Waals surface area contributed by atoms with Crippen LogP contribution in [0.4, 0.5) is 0 Å². The van der Waals surface area contributed by atoms with Gasteiger partial charge in [-0.25, -0.2) is 9.36 Å². The molecule has 0 aliphatic carbocycles. The smallest absolute Gasteiger partial charge is 0.466 e. The quantitative estimate of drug-likeness (QED) is 0.0150. The van der Waals surface area contributed by atoms with Gasteiger partial charge in [0.15, 0.2) is 5.66 Å². The van der Waals surface area contributed by atoms with E-state index in [1.807, 2.05) is 21.1 Å². The van der Waals surface area contributed by atoms with E-state index in [1.54, 1.807) is 0 Å². The molecule has 0 saturated carbocycles. The van der Waals surface area contributed by atoms with Gasteiger partial charge in [0, 0.05) is 19.3 Å². The first-order valence-corrected chi connectivity index (χ1v) is 23.7. The minimum Gasteiger partial charge on any atom is -0.466 e. The average Bonchev–Trinajstić information content (AvgIpc) is 3.91. The second-order valence-electron chi connectivity index (χ2n) is 16.5. The standard InChI is InChI=1S/C42H83N3O8P/c1-6-8-10-12-14-16-18-19-20-21-23-25-27-32-40(46)49-37-31-38-50-54(48,51-39-36-45(3,4)5)53-52-41(47)33-28-30-35-42(43-44-42)34-29-26-24-22-17-15-13-11-9-7-2/h6-39H2,1-5H3/q+1. The van der Waals surface area contributed by atoms with Crippen LogP contribution in [0.2, 0.25) is 0 Å². The van der Waals surface area contributed by atoms with Crippen LogP contribution in [0.5, 0.6) is 0 Å². The summed E-state index contributed by atoms with van der Waals surface area (Å²) in [7, 11) is 1.76. The molecule has 1 aliphatic rings. The van der Waals surface area contributed by atoms with E-state index in [0.717, 1.165) is 44.9 Å². The highest BCUT2D eigenvalue weighted by molar-refractivity contribution is 7.48. The van der Waals surface area contributed by atoms with Crippen LogP contribution in [0.15, 0.2) is 10.2 Å². The predicted octanol–water partition coefficient (Wildman–Crippen LogP) is 12.8. The topological polar surface area (TPSA) is 122 Å². The van der Waals surface area contributed by atoms with Crippen LogP contribution in [0.1, 0.15) is 206 Å². The SMILES string of the molecule is CCCCCCCCCCCCCCCC(=O)OCCCOP(=O)(OCC[N+](C)(C)C)OOC(=O)CCCCC1(CCCCCCCCCCCC)N=N1. The van der Waals surface area contributed by atoms with Crippen molar-refractivity contribution in [2.24, 2.45) is 10.2 Å². The molecule has 0 bridgehead atoms. The van der Waals surface area contributed by atoms with E-state index < -0.39 is 13.8 Å².